The van der Waals surface area contributed by atoms with Crippen molar-refractivity contribution in [1.82, 2.24) is 0 Å². The van der Waals surface area contributed by atoms with Crippen LogP contribution < -0.4 is 9.64 Å². The summed E-state index contributed by atoms with van der Waals surface area (Å²) in [4.78, 5) is 14.4. The molecule has 0 saturated heterocycles. The number of carbonyl (C=O) groups is 1. The van der Waals surface area contributed by atoms with Gasteiger partial charge < -0.3 is 9.64 Å². The van der Waals surface area contributed by atoms with Crippen molar-refractivity contribution in [1.29, 1.82) is 0 Å². The summed E-state index contributed by atoms with van der Waals surface area (Å²) >= 11 is 0. The van der Waals surface area contributed by atoms with Crippen molar-refractivity contribution in [3.63, 3.8) is 0 Å². The number of fused-ring (bicyclic) bond motifs is 2. The van der Waals surface area contributed by atoms with Gasteiger partial charge in [-0.15, -0.1) is 0 Å². The highest BCUT2D eigenvalue weighted by molar-refractivity contribution is 6.01. The molecule has 3 nitrogen and oxygen atoms in total. The normalized spacial score (nSPS) is 14.2. The summed E-state index contributed by atoms with van der Waals surface area (Å²) in [5.74, 6) is 0.295. The average molecular weight is 267 g/mol. The van der Waals surface area contributed by atoms with Gasteiger partial charge in [-0.3, -0.25) is 0 Å². The number of hydrogen-bond acceptors (Lipinski definition) is 3. The minimum atomic E-state index is -0.306. The van der Waals surface area contributed by atoms with E-state index in [1.807, 2.05) is 48.5 Å². The van der Waals surface area contributed by atoms with Crippen LogP contribution in [0.3, 0.4) is 0 Å². The number of rotatable bonds is 0. The van der Waals surface area contributed by atoms with Crippen LogP contribution in [0.1, 0.15) is 31.1 Å². The first-order valence-corrected chi connectivity index (χ1v) is 6.69. The summed E-state index contributed by atoms with van der Waals surface area (Å²) in [6.07, 6.45) is 0. The van der Waals surface area contributed by atoms with Gasteiger partial charge in [0.2, 0.25) is 0 Å². The molecule has 0 aliphatic carbocycles. The van der Waals surface area contributed by atoms with E-state index in [1.165, 1.54) is 0 Å². The molecule has 3 heteroatoms. The third-order valence-corrected chi connectivity index (χ3v) is 3.34. The molecule has 0 atom stereocenters. The number of para-hydroxylation sites is 3. The summed E-state index contributed by atoms with van der Waals surface area (Å²) in [5, 5.41) is 0. The Balaban J connectivity index is 2.32. The third kappa shape index (κ3) is 1.95. The van der Waals surface area contributed by atoms with Gasteiger partial charge in [-0.2, -0.15) is 0 Å². The molecule has 1 heterocycles. The van der Waals surface area contributed by atoms with Crippen LogP contribution in [-0.4, -0.2) is 11.5 Å². The fourth-order valence-corrected chi connectivity index (χ4v) is 2.58. The molecule has 0 radical (unpaired) electrons. The molecular weight excluding hydrogens is 250 g/mol. The fourth-order valence-electron chi connectivity index (χ4n) is 2.58. The van der Waals surface area contributed by atoms with E-state index in [0.717, 1.165) is 11.4 Å². The minimum Gasteiger partial charge on any atom is -0.421 e. The van der Waals surface area contributed by atoms with E-state index in [0.29, 0.717) is 11.3 Å². The van der Waals surface area contributed by atoms with Gasteiger partial charge in [0, 0.05) is 5.54 Å². The molecule has 2 aromatic rings. The molecular formula is C17H17NO2. The van der Waals surface area contributed by atoms with Gasteiger partial charge >= 0.3 is 5.97 Å². The molecule has 0 amide bonds. The van der Waals surface area contributed by atoms with E-state index in [1.54, 1.807) is 0 Å². The van der Waals surface area contributed by atoms with Crippen molar-refractivity contribution in [2.75, 3.05) is 4.90 Å². The molecule has 0 unspecified atom stereocenters. The highest BCUT2D eigenvalue weighted by Crippen LogP contribution is 2.43. The van der Waals surface area contributed by atoms with Crippen LogP contribution in [0.5, 0.6) is 5.75 Å². The highest BCUT2D eigenvalue weighted by atomic mass is 16.5. The lowest BCUT2D eigenvalue weighted by atomic mass is 10.0. The molecule has 0 spiro atoms. The highest BCUT2D eigenvalue weighted by Gasteiger charge is 2.32. The number of ether oxygens (including phenoxy) is 1. The van der Waals surface area contributed by atoms with Gasteiger partial charge in [0.05, 0.1) is 16.9 Å². The molecule has 1 aliphatic rings. The predicted molar refractivity (Wildman–Crippen MR) is 79.7 cm³/mol. The molecule has 0 saturated carbocycles. The molecule has 0 fully saturated rings. The Kier molecular flexibility index (Phi) is 2.78. The molecule has 1 aliphatic heterocycles. The second kappa shape index (κ2) is 4.37. The molecule has 2 aromatic carbocycles. The van der Waals surface area contributed by atoms with E-state index in [2.05, 4.69) is 25.7 Å². The fraction of sp³-hybridized carbons (Fsp3) is 0.235. The van der Waals surface area contributed by atoms with Crippen LogP contribution >= 0.6 is 0 Å². The minimum absolute atomic E-state index is 0.166. The second-order valence-corrected chi connectivity index (χ2v) is 5.88. The van der Waals surface area contributed by atoms with Gasteiger partial charge in [-0.05, 0) is 45.0 Å². The smallest absolute Gasteiger partial charge is 0.345 e. The van der Waals surface area contributed by atoms with Crippen molar-refractivity contribution < 1.29 is 9.53 Å². The first kappa shape index (κ1) is 12.7. The monoisotopic (exact) mass is 267 g/mol. The Labute approximate surface area is 118 Å². The van der Waals surface area contributed by atoms with Crippen LogP contribution in [0.4, 0.5) is 11.4 Å². The van der Waals surface area contributed by atoms with Crippen LogP contribution in [0.25, 0.3) is 0 Å². The van der Waals surface area contributed by atoms with Gasteiger partial charge in [-0.1, -0.05) is 24.3 Å². The number of carbonyl (C=O) groups excluding carboxylic acids is 1. The second-order valence-electron chi connectivity index (χ2n) is 5.88. The first-order chi connectivity index (χ1) is 9.48. The van der Waals surface area contributed by atoms with Crippen molar-refractivity contribution in [2.45, 2.75) is 26.3 Å². The number of benzene rings is 2. The van der Waals surface area contributed by atoms with Crippen molar-refractivity contribution in [2.24, 2.45) is 0 Å². The van der Waals surface area contributed by atoms with Crippen LogP contribution in [-0.2, 0) is 0 Å². The number of anilines is 2. The predicted octanol–water partition coefficient (Wildman–Crippen LogP) is 4.16. The summed E-state index contributed by atoms with van der Waals surface area (Å²) in [6, 6.07) is 15.2. The van der Waals surface area contributed by atoms with Gasteiger partial charge in [0.15, 0.2) is 5.75 Å². The Morgan fingerprint density at radius 3 is 2.20 bits per heavy atom. The van der Waals surface area contributed by atoms with Gasteiger partial charge in [0.1, 0.15) is 0 Å². The molecule has 3 rings (SSSR count). The molecule has 0 bridgehead atoms. The number of hydrogen-bond donors (Lipinski definition) is 0. The quantitative estimate of drug-likeness (QED) is 0.530. The Bertz CT molecular complexity index is 671. The van der Waals surface area contributed by atoms with E-state index in [9.17, 15) is 4.79 Å². The maximum atomic E-state index is 12.3. The Morgan fingerprint density at radius 2 is 1.50 bits per heavy atom. The van der Waals surface area contributed by atoms with E-state index < -0.39 is 0 Å². The lowest BCUT2D eigenvalue weighted by molar-refractivity contribution is 0.0738. The standard InChI is InChI=1S/C17H17NO2/c1-17(2,3)18-13-9-5-4-8-12(13)16(19)20-15-11-7-6-10-14(15)18/h4-11H,1-3H3. The maximum Gasteiger partial charge on any atom is 0.345 e. The van der Waals surface area contributed by atoms with Crippen LogP contribution in [0, 0.1) is 0 Å². The zero-order valence-electron chi connectivity index (χ0n) is 11.9. The topological polar surface area (TPSA) is 29.5 Å². The number of nitrogens with zero attached hydrogens (tertiary/aromatic N) is 1. The zero-order valence-corrected chi connectivity index (χ0v) is 11.9. The Morgan fingerprint density at radius 1 is 0.900 bits per heavy atom. The van der Waals surface area contributed by atoms with Crippen molar-refractivity contribution in [3.8, 4) is 5.75 Å². The lowest BCUT2D eigenvalue weighted by Gasteiger charge is -2.37. The largest absolute Gasteiger partial charge is 0.421 e. The van der Waals surface area contributed by atoms with Crippen LogP contribution in [0.2, 0.25) is 0 Å². The maximum absolute atomic E-state index is 12.3. The summed E-state index contributed by atoms with van der Waals surface area (Å²) < 4.78 is 5.53. The molecule has 0 aromatic heterocycles. The number of esters is 1. The SMILES string of the molecule is CC(C)(C)N1c2ccccc2OC(=O)c2ccccc21. The zero-order chi connectivity index (χ0) is 14.3. The van der Waals surface area contributed by atoms with Gasteiger partial charge in [-0.25, -0.2) is 4.79 Å². The molecule has 102 valence electrons. The van der Waals surface area contributed by atoms with Crippen LogP contribution in [0.15, 0.2) is 48.5 Å². The van der Waals surface area contributed by atoms with E-state index >= 15 is 0 Å². The summed E-state index contributed by atoms with van der Waals surface area (Å²) in [7, 11) is 0. The summed E-state index contributed by atoms with van der Waals surface area (Å²) in [5.41, 5.74) is 2.23. The van der Waals surface area contributed by atoms with Gasteiger partial charge in [0.25, 0.3) is 0 Å². The average Bonchev–Trinajstić information content (AvgIpc) is 2.52. The van der Waals surface area contributed by atoms with Crippen molar-refractivity contribution in [3.05, 3.63) is 54.1 Å². The first-order valence-electron chi connectivity index (χ1n) is 6.69. The van der Waals surface area contributed by atoms with Crippen molar-refractivity contribution >= 4 is 17.3 Å². The summed E-state index contributed by atoms with van der Waals surface area (Å²) in [6.45, 7) is 6.36. The van der Waals surface area contributed by atoms with E-state index in [4.69, 9.17) is 4.74 Å². The Hall–Kier alpha value is -2.29. The molecule has 20 heavy (non-hydrogen) atoms. The van der Waals surface area contributed by atoms with E-state index in [-0.39, 0.29) is 11.5 Å². The lowest BCUT2D eigenvalue weighted by Crippen LogP contribution is -2.37. The third-order valence-electron chi connectivity index (χ3n) is 3.34. The molecule has 0 N–H and O–H groups in total.